The van der Waals surface area contributed by atoms with E-state index in [1.165, 1.54) is 18.2 Å². The van der Waals surface area contributed by atoms with E-state index in [4.69, 9.17) is 0 Å². The Morgan fingerprint density at radius 3 is 2.68 bits per heavy atom. The molecule has 28 heavy (non-hydrogen) atoms. The molecule has 2 N–H and O–H groups in total. The molecule has 0 aliphatic carbocycles. The highest BCUT2D eigenvalue weighted by molar-refractivity contribution is 5.76. The second-order valence-electron chi connectivity index (χ2n) is 6.43. The Hall–Kier alpha value is -3.35. The maximum absolute atomic E-state index is 13.3. The van der Waals surface area contributed by atoms with E-state index in [9.17, 15) is 14.0 Å². The maximum Gasteiger partial charge on any atom is 0.251 e. The molecule has 2 heterocycles. The van der Waals surface area contributed by atoms with Crippen molar-refractivity contribution in [3.63, 3.8) is 0 Å². The first-order valence-corrected chi connectivity index (χ1v) is 9.11. The summed E-state index contributed by atoms with van der Waals surface area (Å²) in [5, 5.41) is 2.95. The summed E-state index contributed by atoms with van der Waals surface area (Å²) in [6.45, 7) is 1.92. The van der Waals surface area contributed by atoms with Crippen molar-refractivity contribution in [2.75, 3.05) is 0 Å². The lowest BCUT2D eigenvalue weighted by Crippen LogP contribution is -2.30. The minimum absolute atomic E-state index is 0.105. The van der Waals surface area contributed by atoms with Gasteiger partial charge in [-0.2, -0.15) is 0 Å². The number of nitrogens with zero attached hydrogens (tertiary/aromatic N) is 2. The van der Waals surface area contributed by atoms with Crippen LogP contribution in [-0.4, -0.2) is 20.9 Å². The molecule has 1 unspecified atom stereocenters. The normalized spacial score (nSPS) is 11.8. The standard InChI is InChI=1S/C21H21FN4O2/c1-2-5-19(27)25-18(14-7-9-15(22)10-8-14)12-16-13-20(28)26-21(24-16)17-6-3-4-11-23-17/h3-4,6-11,13,18H,2,5,12H2,1H3,(H,25,27)(H,24,26,28). The number of halogens is 1. The number of hydrogen-bond acceptors (Lipinski definition) is 4. The first-order chi connectivity index (χ1) is 13.5. The van der Waals surface area contributed by atoms with Gasteiger partial charge in [0.05, 0.1) is 11.7 Å². The molecule has 0 spiro atoms. The van der Waals surface area contributed by atoms with E-state index < -0.39 is 6.04 Å². The zero-order chi connectivity index (χ0) is 19.9. The molecule has 0 aliphatic rings. The van der Waals surface area contributed by atoms with Crippen LogP contribution >= 0.6 is 0 Å². The lowest BCUT2D eigenvalue weighted by atomic mass is 10.0. The summed E-state index contributed by atoms with van der Waals surface area (Å²) in [5.41, 5.74) is 1.50. The summed E-state index contributed by atoms with van der Waals surface area (Å²) >= 11 is 0. The smallest absolute Gasteiger partial charge is 0.251 e. The average Bonchev–Trinajstić information content (AvgIpc) is 2.68. The van der Waals surface area contributed by atoms with Crippen molar-refractivity contribution in [2.24, 2.45) is 0 Å². The van der Waals surface area contributed by atoms with Gasteiger partial charge in [0.1, 0.15) is 11.5 Å². The summed E-state index contributed by atoms with van der Waals surface area (Å²) < 4.78 is 13.3. The van der Waals surface area contributed by atoms with E-state index in [0.29, 0.717) is 30.1 Å². The fourth-order valence-corrected chi connectivity index (χ4v) is 2.89. The molecule has 0 saturated carbocycles. The van der Waals surface area contributed by atoms with Crippen molar-refractivity contribution in [1.82, 2.24) is 20.3 Å². The van der Waals surface area contributed by atoms with Crippen LogP contribution in [0.1, 0.15) is 37.1 Å². The second-order valence-corrected chi connectivity index (χ2v) is 6.43. The Bertz CT molecular complexity index is 987. The number of carbonyl (C=O) groups excluding carboxylic acids is 1. The molecule has 0 aliphatic heterocycles. The van der Waals surface area contributed by atoms with Crippen LogP contribution in [0.2, 0.25) is 0 Å². The third-order valence-corrected chi connectivity index (χ3v) is 4.20. The molecule has 3 rings (SSSR count). The first kappa shape index (κ1) is 19.4. The van der Waals surface area contributed by atoms with Gasteiger partial charge in [0, 0.05) is 25.1 Å². The third kappa shape index (κ3) is 5.09. The monoisotopic (exact) mass is 380 g/mol. The number of amides is 1. The predicted molar refractivity (Wildman–Crippen MR) is 104 cm³/mol. The van der Waals surface area contributed by atoms with E-state index in [1.807, 2.05) is 6.92 Å². The van der Waals surface area contributed by atoms with Gasteiger partial charge in [-0.25, -0.2) is 9.37 Å². The Morgan fingerprint density at radius 1 is 1.21 bits per heavy atom. The van der Waals surface area contributed by atoms with E-state index in [0.717, 1.165) is 12.0 Å². The molecule has 144 valence electrons. The highest BCUT2D eigenvalue weighted by Crippen LogP contribution is 2.19. The van der Waals surface area contributed by atoms with Crippen LogP contribution in [0.4, 0.5) is 4.39 Å². The quantitative estimate of drug-likeness (QED) is 0.659. The zero-order valence-corrected chi connectivity index (χ0v) is 15.5. The van der Waals surface area contributed by atoms with Gasteiger partial charge in [0.2, 0.25) is 5.91 Å². The number of carbonyl (C=O) groups is 1. The summed E-state index contributed by atoms with van der Waals surface area (Å²) in [6.07, 6.45) is 3.02. The summed E-state index contributed by atoms with van der Waals surface area (Å²) in [7, 11) is 0. The second kappa shape index (κ2) is 9.03. The number of rotatable bonds is 7. The van der Waals surface area contributed by atoms with Gasteiger partial charge < -0.3 is 10.3 Å². The highest BCUT2D eigenvalue weighted by atomic mass is 19.1. The molecule has 0 saturated heterocycles. The molecule has 0 fully saturated rings. The largest absolute Gasteiger partial charge is 0.349 e. The van der Waals surface area contributed by atoms with Crippen LogP contribution in [0.3, 0.4) is 0 Å². The van der Waals surface area contributed by atoms with Crippen molar-refractivity contribution < 1.29 is 9.18 Å². The summed E-state index contributed by atoms with van der Waals surface area (Å²) in [4.78, 5) is 35.7. The number of H-pyrrole nitrogens is 1. The number of aromatic nitrogens is 3. The van der Waals surface area contributed by atoms with Crippen LogP contribution in [0, 0.1) is 5.82 Å². The Balaban J connectivity index is 1.91. The topological polar surface area (TPSA) is 87.7 Å². The van der Waals surface area contributed by atoms with Gasteiger partial charge in [-0.05, 0) is 36.2 Å². The lowest BCUT2D eigenvalue weighted by Gasteiger charge is -2.19. The fraction of sp³-hybridized carbons (Fsp3) is 0.238. The molecule has 0 bridgehead atoms. The van der Waals surface area contributed by atoms with Gasteiger partial charge in [0.25, 0.3) is 5.56 Å². The van der Waals surface area contributed by atoms with Gasteiger partial charge >= 0.3 is 0 Å². The van der Waals surface area contributed by atoms with E-state index in [-0.39, 0.29) is 17.3 Å². The summed E-state index contributed by atoms with van der Waals surface area (Å²) in [5.74, 6) is -0.0958. The molecule has 7 heteroatoms. The van der Waals surface area contributed by atoms with Crippen LogP contribution < -0.4 is 10.9 Å². The molecule has 1 amide bonds. The average molecular weight is 380 g/mol. The van der Waals surface area contributed by atoms with Gasteiger partial charge in [0.15, 0.2) is 5.82 Å². The fourth-order valence-electron chi connectivity index (χ4n) is 2.89. The Kier molecular flexibility index (Phi) is 6.26. The van der Waals surface area contributed by atoms with Crippen LogP contribution in [-0.2, 0) is 11.2 Å². The minimum atomic E-state index is -0.425. The molecule has 3 aromatic rings. The SMILES string of the molecule is CCCC(=O)NC(Cc1cc(=O)[nH]c(-c2ccccn2)n1)c1ccc(F)cc1. The van der Waals surface area contributed by atoms with E-state index >= 15 is 0 Å². The lowest BCUT2D eigenvalue weighted by molar-refractivity contribution is -0.121. The predicted octanol–water partition coefficient (Wildman–Crippen LogP) is 3.17. The van der Waals surface area contributed by atoms with Crippen molar-refractivity contribution in [2.45, 2.75) is 32.2 Å². The Labute approximate surface area is 161 Å². The van der Waals surface area contributed by atoms with Crippen molar-refractivity contribution in [3.8, 4) is 11.5 Å². The zero-order valence-electron chi connectivity index (χ0n) is 15.5. The molecule has 6 nitrogen and oxygen atoms in total. The third-order valence-electron chi connectivity index (χ3n) is 4.20. The minimum Gasteiger partial charge on any atom is -0.349 e. The number of aromatic amines is 1. The van der Waals surface area contributed by atoms with Gasteiger partial charge in [-0.1, -0.05) is 25.1 Å². The molecular formula is C21H21FN4O2. The Morgan fingerprint density at radius 2 is 2.00 bits per heavy atom. The van der Waals surface area contributed by atoms with Crippen LogP contribution in [0.25, 0.3) is 11.5 Å². The van der Waals surface area contributed by atoms with Gasteiger partial charge in [-0.15, -0.1) is 0 Å². The molecule has 2 aromatic heterocycles. The van der Waals surface area contributed by atoms with Crippen molar-refractivity contribution >= 4 is 5.91 Å². The molecule has 0 radical (unpaired) electrons. The van der Waals surface area contributed by atoms with Crippen LogP contribution in [0.15, 0.2) is 59.5 Å². The molecule has 1 aromatic carbocycles. The number of pyridine rings is 1. The van der Waals surface area contributed by atoms with Crippen molar-refractivity contribution in [3.05, 3.63) is 82.2 Å². The van der Waals surface area contributed by atoms with E-state index in [2.05, 4.69) is 20.3 Å². The van der Waals surface area contributed by atoms with Gasteiger partial charge in [-0.3, -0.25) is 14.6 Å². The summed E-state index contributed by atoms with van der Waals surface area (Å²) in [6, 6.07) is 12.2. The number of hydrogen-bond donors (Lipinski definition) is 2. The maximum atomic E-state index is 13.3. The van der Waals surface area contributed by atoms with Crippen LogP contribution in [0.5, 0.6) is 0 Å². The molecular weight excluding hydrogens is 359 g/mol. The van der Waals surface area contributed by atoms with Crippen molar-refractivity contribution in [1.29, 1.82) is 0 Å². The molecule has 1 atom stereocenters. The van der Waals surface area contributed by atoms with E-state index in [1.54, 1.807) is 36.5 Å². The number of nitrogens with one attached hydrogen (secondary N) is 2. The first-order valence-electron chi connectivity index (χ1n) is 9.11. The number of benzene rings is 1. The highest BCUT2D eigenvalue weighted by Gasteiger charge is 2.17.